The lowest BCUT2D eigenvalue weighted by Gasteiger charge is -2.08. The van der Waals surface area contributed by atoms with E-state index in [1.54, 1.807) is 0 Å². The van der Waals surface area contributed by atoms with Crippen LogP contribution in [0.25, 0.3) is 0 Å². The molecule has 1 aromatic rings. The number of thiophene rings is 1. The van der Waals surface area contributed by atoms with E-state index in [9.17, 15) is 4.79 Å². The topological polar surface area (TPSA) is 29.1 Å². The molecule has 0 atom stereocenters. The van der Waals surface area contributed by atoms with E-state index in [4.69, 9.17) is 0 Å². The summed E-state index contributed by atoms with van der Waals surface area (Å²) in [5.41, 5.74) is 1.13. The van der Waals surface area contributed by atoms with Crippen molar-refractivity contribution in [2.75, 3.05) is 6.54 Å². The first-order chi connectivity index (χ1) is 6.59. The summed E-state index contributed by atoms with van der Waals surface area (Å²) in [7, 11) is 0. The first-order valence-corrected chi connectivity index (χ1v) is 6.29. The number of halogens is 1. The van der Waals surface area contributed by atoms with Crippen LogP contribution < -0.4 is 5.32 Å². The molecule has 0 spiro atoms. The van der Waals surface area contributed by atoms with Gasteiger partial charge in [0.05, 0.1) is 9.35 Å². The Morgan fingerprint density at radius 3 is 2.93 bits per heavy atom. The lowest BCUT2D eigenvalue weighted by atomic mass is 10.1. The van der Waals surface area contributed by atoms with Crippen molar-refractivity contribution in [2.45, 2.75) is 19.8 Å². The molecule has 76 valence electrons. The Hall–Kier alpha value is -0.350. The molecule has 1 amide bonds. The van der Waals surface area contributed by atoms with Crippen molar-refractivity contribution in [3.63, 3.8) is 0 Å². The third kappa shape index (κ3) is 2.36. The summed E-state index contributed by atoms with van der Waals surface area (Å²) in [5.74, 6) is 0.0417. The van der Waals surface area contributed by atoms with Crippen molar-refractivity contribution < 1.29 is 4.79 Å². The standard InChI is InChI=1S/C10H12BrNOS/c1-10(2-3-10)6-12-9(13)7-4-8(11)14-5-7/h4-5H,2-3,6H2,1H3,(H,12,13). The van der Waals surface area contributed by atoms with E-state index < -0.39 is 0 Å². The van der Waals surface area contributed by atoms with Crippen LogP contribution in [0.1, 0.15) is 30.1 Å². The molecule has 14 heavy (non-hydrogen) atoms. The summed E-state index contributed by atoms with van der Waals surface area (Å²) in [4.78, 5) is 11.6. The molecule has 1 aliphatic rings. The molecule has 1 aromatic heterocycles. The Morgan fingerprint density at radius 2 is 2.43 bits per heavy atom. The maximum Gasteiger partial charge on any atom is 0.252 e. The molecular weight excluding hydrogens is 262 g/mol. The fourth-order valence-electron chi connectivity index (χ4n) is 1.22. The maximum atomic E-state index is 11.6. The van der Waals surface area contributed by atoms with E-state index in [1.165, 1.54) is 24.2 Å². The van der Waals surface area contributed by atoms with Crippen LogP contribution in [0.2, 0.25) is 0 Å². The number of nitrogens with one attached hydrogen (secondary N) is 1. The molecule has 2 nitrogen and oxygen atoms in total. The Labute approximate surface area is 95.8 Å². The van der Waals surface area contributed by atoms with E-state index in [1.807, 2.05) is 11.4 Å². The van der Waals surface area contributed by atoms with Gasteiger partial charge in [-0.25, -0.2) is 0 Å². The number of carbonyl (C=O) groups excluding carboxylic acids is 1. The number of carbonyl (C=O) groups is 1. The highest BCUT2D eigenvalue weighted by atomic mass is 79.9. The van der Waals surface area contributed by atoms with Gasteiger partial charge in [-0.3, -0.25) is 4.79 Å². The van der Waals surface area contributed by atoms with Gasteiger partial charge in [-0.15, -0.1) is 11.3 Å². The molecule has 1 fully saturated rings. The molecule has 1 saturated carbocycles. The molecule has 1 aliphatic carbocycles. The zero-order valence-electron chi connectivity index (χ0n) is 7.97. The fraction of sp³-hybridized carbons (Fsp3) is 0.500. The Kier molecular flexibility index (Phi) is 2.66. The van der Waals surface area contributed by atoms with Gasteiger partial charge in [0.2, 0.25) is 0 Å². The fourth-order valence-corrected chi connectivity index (χ4v) is 2.35. The minimum Gasteiger partial charge on any atom is -0.351 e. The van der Waals surface area contributed by atoms with E-state index >= 15 is 0 Å². The number of hydrogen-bond donors (Lipinski definition) is 1. The maximum absolute atomic E-state index is 11.6. The lowest BCUT2D eigenvalue weighted by molar-refractivity contribution is 0.0946. The first kappa shape index (κ1) is 10.2. The predicted molar refractivity (Wildman–Crippen MR) is 61.7 cm³/mol. The first-order valence-electron chi connectivity index (χ1n) is 4.61. The second-order valence-corrected chi connectivity index (χ2v) is 6.42. The Morgan fingerprint density at radius 1 is 1.71 bits per heavy atom. The zero-order valence-corrected chi connectivity index (χ0v) is 10.4. The minimum absolute atomic E-state index is 0.0417. The van der Waals surface area contributed by atoms with Gasteiger partial charge in [-0.05, 0) is 40.3 Å². The van der Waals surface area contributed by atoms with E-state index in [0.717, 1.165) is 15.9 Å². The minimum atomic E-state index is 0.0417. The average Bonchev–Trinajstić information content (AvgIpc) is 2.71. The third-order valence-electron chi connectivity index (χ3n) is 2.61. The third-order valence-corrected chi connectivity index (χ3v) is 4.11. The molecule has 0 radical (unpaired) electrons. The largest absolute Gasteiger partial charge is 0.351 e. The number of rotatable bonds is 3. The molecule has 1 heterocycles. The molecule has 1 N–H and O–H groups in total. The van der Waals surface area contributed by atoms with E-state index in [0.29, 0.717) is 5.41 Å². The van der Waals surface area contributed by atoms with Crippen LogP contribution in [0, 0.1) is 5.41 Å². The van der Waals surface area contributed by atoms with Gasteiger partial charge < -0.3 is 5.32 Å². The molecule has 2 rings (SSSR count). The number of hydrogen-bond acceptors (Lipinski definition) is 2. The summed E-state index contributed by atoms with van der Waals surface area (Å²) in [6, 6.07) is 1.86. The molecule has 4 heteroatoms. The van der Waals surface area contributed by atoms with Gasteiger partial charge >= 0.3 is 0 Å². The van der Waals surface area contributed by atoms with Gasteiger partial charge in [0.1, 0.15) is 0 Å². The smallest absolute Gasteiger partial charge is 0.252 e. The highest BCUT2D eigenvalue weighted by Gasteiger charge is 2.37. The van der Waals surface area contributed by atoms with Crippen LogP contribution in [0.3, 0.4) is 0 Å². The molecule has 0 bridgehead atoms. The van der Waals surface area contributed by atoms with Gasteiger partial charge in [0, 0.05) is 11.9 Å². The second-order valence-electron chi connectivity index (χ2n) is 4.13. The predicted octanol–water partition coefficient (Wildman–Crippen LogP) is 3.04. The van der Waals surface area contributed by atoms with Crippen molar-refractivity contribution >= 4 is 33.2 Å². The van der Waals surface area contributed by atoms with Crippen molar-refractivity contribution in [1.82, 2.24) is 5.32 Å². The van der Waals surface area contributed by atoms with Crippen molar-refractivity contribution in [3.8, 4) is 0 Å². The highest BCUT2D eigenvalue weighted by molar-refractivity contribution is 9.11. The summed E-state index contributed by atoms with van der Waals surface area (Å²) in [5, 5.41) is 4.83. The van der Waals surface area contributed by atoms with Crippen molar-refractivity contribution in [1.29, 1.82) is 0 Å². The summed E-state index contributed by atoms with van der Waals surface area (Å²) >= 11 is 4.88. The van der Waals surface area contributed by atoms with E-state index in [2.05, 4.69) is 28.2 Å². The van der Waals surface area contributed by atoms with Crippen LogP contribution in [-0.2, 0) is 0 Å². The van der Waals surface area contributed by atoms with Gasteiger partial charge in [0.25, 0.3) is 5.91 Å². The Balaban J connectivity index is 1.89. The molecular formula is C10H12BrNOS. The van der Waals surface area contributed by atoms with Gasteiger partial charge in [-0.2, -0.15) is 0 Å². The van der Waals surface area contributed by atoms with Crippen LogP contribution in [0.15, 0.2) is 15.2 Å². The summed E-state index contributed by atoms with van der Waals surface area (Å²) < 4.78 is 1.00. The Bertz CT molecular complexity index is 357. The van der Waals surface area contributed by atoms with Crippen LogP contribution >= 0.6 is 27.3 Å². The van der Waals surface area contributed by atoms with Gasteiger partial charge in [-0.1, -0.05) is 6.92 Å². The quantitative estimate of drug-likeness (QED) is 0.901. The molecule has 0 aromatic carbocycles. The highest BCUT2D eigenvalue weighted by Crippen LogP contribution is 2.44. The van der Waals surface area contributed by atoms with Crippen LogP contribution in [0.4, 0.5) is 0 Å². The van der Waals surface area contributed by atoms with Crippen LogP contribution in [0.5, 0.6) is 0 Å². The monoisotopic (exact) mass is 273 g/mol. The van der Waals surface area contributed by atoms with E-state index in [-0.39, 0.29) is 5.91 Å². The van der Waals surface area contributed by atoms with Crippen LogP contribution in [-0.4, -0.2) is 12.5 Å². The molecule has 0 saturated heterocycles. The summed E-state index contributed by atoms with van der Waals surface area (Å²) in [6.07, 6.45) is 2.47. The van der Waals surface area contributed by atoms with Crippen molar-refractivity contribution in [2.24, 2.45) is 5.41 Å². The zero-order chi connectivity index (χ0) is 10.2. The molecule has 0 unspecified atom stereocenters. The average molecular weight is 274 g/mol. The molecule has 0 aliphatic heterocycles. The normalized spacial score (nSPS) is 17.9. The number of amides is 1. The van der Waals surface area contributed by atoms with Crippen molar-refractivity contribution in [3.05, 3.63) is 20.8 Å². The summed E-state index contributed by atoms with van der Waals surface area (Å²) in [6.45, 7) is 3.01. The SMILES string of the molecule is CC1(CNC(=O)c2csc(Br)c2)CC1. The van der Waals surface area contributed by atoms with Gasteiger partial charge in [0.15, 0.2) is 0 Å². The lowest BCUT2D eigenvalue weighted by Crippen LogP contribution is -2.28. The second kappa shape index (κ2) is 3.66.